The molecule has 2 aromatic carbocycles. The Labute approximate surface area is 192 Å². The average Bonchev–Trinajstić information content (AvgIpc) is 3.26. The molecular formula is C22H21F6NO4S. The normalized spacial score (nSPS) is 17.2. The van der Waals surface area contributed by atoms with E-state index in [0.29, 0.717) is 18.6 Å². The first-order valence-corrected chi connectivity index (χ1v) is 11.7. The number of carbonyl (C=O) groups excluding carboxylic acids is 1. The van der Waals surface area contributed by atoms with Crippen LogP contribution >= 0.6 is 0 Å². The molecule has 0 bridgehead atoms. The Morgan fingerprint density at radius 3 is 2.38 bits per heavy atom. The highest BCUT2D eigenvalue weighted by Gasteiger charge is 2.32. The molecule has 1 fully saturated rings. The number of hydrogen-bond donors (Lipinski definition) is 1. The number of nitrogens with one attached hydrogen (secondary N) is 1. The second kappa shape index (κ2) is 10.0. The Hall–Kier alpha value is -2.44. The molecule has 1 N–H and O–H groups in total. The van der Waals surface area contributed by atoms with Gasteiger partial charge in [0.15, 0.2) is 0 Å². The second-order valence-electron chi connectivity index (χ2n) is 7.89. The average molecular weight is 509 g/mol. The molecule has 2 aromatic rings. The van der Waals surface area contributed by atoms with Gasteiger partial charge in [-0.3, -0.25) is 4.79 Å². The summed E-state index contributed by atoms with van der Waals surface area (Å²) in [6.45, 7) is -1.30. The fourth-order valence-corrected chi connectivity index (χ4v) is 4.72. The summed E-state index contributed by atoms with van der Waals surface area (Å²) in [5, 5.41) is 0. The van der Waals surface area contributed by atoms with Gasteiger partial charge >= 0.3 is 12.4 Å². The van der Waals surface area contributed by atoms with Crippen molar-refractivity contribution in [2.24, 2.45) is 0 Å². The van der Waals surface area contributed by atoms with Crippen molar-refractivity contribution in [3.8, 4) is 0 Å². The molecule has 0 amide bonds. The van der Waals surface area contributed by atoms with E-state index in [1.54, 1.807) is 0 Å². The van der Waals surface area contributed by atoms with Gasteiger partial charge in [0, 0.05) is 19.4 Å². The molecule has 34 heavy (non-hydrogen) atoms. The van der Waals surface area contributed by atoms with E-state index in [4.69, 9.17) is 4.74 Å². The van der Waals surface area contributed by atoms with Crippen molar-refractivity contribution in [1.29, 1.82) is 0 Å². The molecule has 0 radical (unpaired) electrons. The Balaban J connectivity index is 1.86. The predicted molar refractivity (Wildman–Crippen MR) is 109 cm³/mol. The number of sulfonamides is 1. The number of ketones is 1. The number of benzene rings is 2. The molecule has 0 spiro atoms. The van der Waals surface area contributed by atoms with Gasteiger partial charge in [-0.05, 0) is 47.7 Å². The SMILES string of the molecule is O=C(Cc1cccc(C(F)(F)F)c1)Cc1cc(S(=O)(=O)NCC(F)(F)F)ccc1C1CCCO1. The number of rotatable bonds is 8. The lowest BCUT2D eigenvalue weighted by Gasteiger charge is -2.17. The first-order valence-electron chi connectivity index (χ1n) is 10.2. The molecule has 0 aromatic heterocycles. The van der Waals surface area contributed by atoms with Crippen molar-refractivity contribution < 1.29 is 44.3 Å². The van der Waals surface area contributed by atoms with Gasteiger partial charge < -0.3 is 4.74 Å². The number of Topliss-reactive ketones (excluding diaryl/α,β-unsaturated/α-hetero) is 1. The quantitative estimate of drug-likeness (QED) is 0.522. The molecule has 1 atom stereocenters. The zero-order chi connectivity index (χ0) is 25.1. The Bertz CT molecular complexity index is 1140. The molecule has 12 heteroatoms. The molecule has 0 saturated carbocycles. The van der Waals surface area contributed by atoms with Crippen LogP contribution in [0.2, 0.25) is 0 Å². The summed E-state index contributed by atoms with van der Waals surface area (Å²) in [7, 11) is -4.52. The number of carbonyl (C=O) groups is 1. The summed E-state index contributed by atoms with van der Waals surface area (Å²) in [6.07, 6.45) is -9.07. The Morgan fingerprint density at radius 2 is 1.76 bits per heavy atom. The molecule has 1 aliphatic heterocycles. The van der Waals surface area contributed by atoms with Crippen LogP contribution in [0, 0.1) is 0 Å². The van der Waals surface area contributed by atoms with Gasteiger partial charge in [0.25, 0.3) is 0 Å². The lowest BCUT2D eigenvalue weighted by molar-refractivity contribution is -0.137. The fourth-order valence-electron chi connectivity index (χ4n) is 3.66. The molecule has 1 saturated heterocycles. The van der Waals surface area contributed by atoms with E-state index in [1.165, 1.54) is 22.9 Å². The van der Waals surface area contributed by atoms with Gasteiger partial charge in [-0.15, -0.1) is 0 Å². The van der Waals surface area contributed by atoms with Gasteiger partial charge in [0.05, 0.1) is 16.6 Å². The molecule has 186 valence electrons. The third-order valence-corrected chi connectivity index (χ3v) is 6.61. The summed E-state index contributed by atoms with van der Waals surface area (Å²) < 4.78 is 108. The van der Waals surface area contributed by atoms with Crippen LogP contribution in [0.1, 0.15) is 41.2 Å². The molecule has 5 nitrogen and oxygen atoms in total. The summed E-state index contributed by atoms with van der Waals surface area (Å²) in [4.78, 5) is 12.2. The Kier molecular flexibility index (Phi) is 7.73. The van der Waals surface area contributed by atoms with Crippen LogP contribution in [-0.2, 0) is 38.6 Å². The predicted octanol–water partition coefficient (Wildman–Crippen LogP) is 4.75. The van der Waals surface area contributed by atoms with Crippen molar-refractivity contribution in [2.45, 2.75) is 49.0 Å². The van der Waals surface area contributed by atoms with E-state index >= 15 is 0 Å². The molecule has 1 aliphatic rings. The van der Waals surface area contributed by atoms with E-state index in [1.807, 2.05) is 0 Å². The van der Waals surface area contributed by atoms with E-state index in [-0.39, 0.29) is 24.0 Å². The zero-order valence-corrected chi connectivity index (χ0v) is 18.5. The van der Waals surface area contributed by atoms with E-state index in [0.717, 1.165) is 30.7 Å². The first kappa shape index (κ1) is 26.2. The minimum atomic E-state index is -4.76. The third kappa shape index (κ3) is 7.03. The summed E-state index contributed by atoms with van der Waals surface area (Å²) in [5.74, 6) is -0.489. The van der Waals surface area contributed by atoms with Crippen molar-refractivity contribution in [1.82, 2.24) is 4.72 Å². The minimum absolute atomic E-state index is 0.133. The topological polar surface area (TPSA) is 72.5 Å². The maximum atomic E-state index is 12.9. The molecule has 1 heterocycles. The van der Waals surface area contributed by atoms with Gasteiger partial charge in [0.2, 0.25) is 10.0 Å². The molecule has 3 rings (SSSR count). The standard InChI is InChI=1S/C22H21F6NO4S/c23-21(24,25)13-29-34(31,32)18-6-7-19(20-5-2-8-33-20)15(12-18)11-17(30)10-14-3-1-4-16(9-14)22(26,27)28/h1,3-4,6-7,9,12,20,29H,2,5,8,10-11,13H2. The van der Waals surface area contributed by atoms with Crippen molar-refractivity contribution in [2.75, 3.05) is 13.2 Å². The van der Waals surface area contributed by atoms with Crippen LogP contribution in [0.5, 0.6) is 0 Å². The van der Waals surface area contributed by atoms with Crippen LogP contribution in [-0.4, -0.2) is 33.5 Å². The highest BCUT2D eigenvalue weighted by atomic mass is 32.2. The van der Waals surface area contributed by atoms with Gasteiger partial charge in [0.1, 0.15) is 12.3 Å². The van der Waals surface area contributed by atoms with Gasteiger partial charge in [-0.2, -0.15) is 26.3 Å². The third-order valence-electron chi connectivity index (χ3n) is 5.21. The summed E-state index contributed by atoms with van der Waals surface area (Å²) in [5.41, 5.74) is -0.0146. The van der Waals surface area contributed by atoms with Crippen LogP contribution in [0.4, 0.5) is 26.3 Å². The van der Waals surface area contributed by atoms with Crippen molar-refractivity contribution in [3.05, 3.63) is 64.7 Å². The van der Waals surface area contributed by atoms with Crippen LogP contribution in [0.25, 0.3) is 0 Å². The summed E-state index contributed by atoms with van der Waals surface area (Å²) in [6, 6.07) is 7.94. The highest BCUT2D eigenvalue weighted by Crippen LogP contribution is 2.33. The maximum absolute atomic E-state index is 12.9. The largest absolute Gasteiger partial charge is 0.416 e. The van der Waals surface area contributed by atoms with Crippen LogP contribution in [0.3, 0.4) is 0 Å². The number of alkyl halides is 6. The zero-order valence-electron chi connectivity index (χ0n) is 17.7. The van der Waals surface area contributed by atoms with Crippen molar-refractivity contribution >= 4 is 15.8 Å². The van der Waals surface area contributed by atoms with Crippen molar-refractivity contribution in [3.63, 3.8) is 0 Å². The van der Waals surface area contributed by atoms with E-state index in [2.05, 4.69) is 0 Å². The number of ether oxygens (including phenoxy) is 1. The molecule has 0 aliphatic carbocycles. The van der Waals surface area contributed by atoms with E-state index < -0.39 is 51.3 Å². The number of halogens is 6. The minimum Gasteiger partial charge on any atom is -0.374 e. The van der Waals surface area contributed by atoms with Gasteiger partial charge in [-0.25, -0.2) is 13.1 Å². The van der Waals surface area contributed by atoms with Gasteiger partial charge in [-0.1, -0.05) is 24.3 Å². The first-order chi connectivity index (χ1) is 15.7. The smallest absolute Gasteiger partial charge is 0.374 e. The lowest BCUT2D eigenvalue weighted by Crippen LogP contribution is -2.33. The summed E-state index contributed by atoms with van der Waals surface area (Å²) >= 11 is 0. The Morgan fingerprint density at radius 1 is 1.03 bits per heavy atom. The number of hydrogen-bond acceptors (Lipinski definition) is 4. The fraction of sp³-hybridized carbons (Fsp3) is 0.409. The molecule has 1 unspecified atom stereocenters. The van der Waals surface area contributed by atoms with E-state index in [9.17, 15) is 39.6 Å². The monoisotopic (exact) mass is 509 g/mol. The lowest BCUT2D eigenvalue weighted by atomic mass is 9.94. The van der Waals surface area contributed by atoms with Crippen LogP contribution < -0.4 is 4.72 Å². The molecular weight excluding hydrogens is 488 g/mol. The second-order valence-corrected chi connectivity index (χ2v) is 9.66. The maximum Gasteiger partial charge on any atom is 0.416 e. The van der Waals surface area contributed by atoms with Crippen LogP contribution in [0.15, 0.2) is 47.4 Å². The highest BCUT2D eigenvalue weighted by molar-refractivity contribution is 7.89.